The molecule has 2 bridgehead atoms. The van der Waals surface area contributed by atoms with Crippen LogP contribution in [0, 0.1) is 0 Å². The van der Waals surface area contributed by atoms with Gasteiger partial charge in [-0.1, -0.05) is 18.6 Å². The molecule has 1 N–H and O–H groups in total. The molecule has 1 aromatic carbocycles. The van der Waals surface area contributed by atoms with Crippen LogP contribution in [0.2, 0.25) is 0 Å². The number of imidazole rings is 1. The zero-order valence-electron chi connectivity index (χ0n) is 20.8. The molecule has 188 valence electrons. The number of piperidine rings is 3. The number of ether oxygens (including phenoxy) is 3. The van der Waals surface area contributed by atoms with Crippen molar-refractivity contribution in [2.75, 3.05) is 59.8 Å². The van der Waals surface area contributed by atoms with E-state index in [1.165, 1.54) is 56.3 Å². The number of fused-ring (bicyclic) bond motifs is 3. The first kappa shape index (κ1) is 24.2. The van der Waals surface area contributed by atoms with Crippen LogP contribution in [-0.2, 0) is 14.2 Å². The van der Waals surface area contributed by atoms with Crippen LogP contribution < -0.4 is 5.32 Å². The zero-order valence-corrected chi connectivity index (χ0v) is 20.8. The summed E-state index contributed by atoms with van der Waals surface area (Å²) in [5, 5.41) is 3.88. The summed E-state index contributed by atoms with van der Waals surface area (Å²) in [5.74, 6) is 1.82. The minimum atomic E-state index is 0.494. The van der Waals surface area contributed by atoms with E-state index in [9.17, 15) is 0 Å². The van der Waals surface area contributed by atoms with Crippen molar-refractivity contribution in [1.29, 1.82) is 0 Å². The van der Waals surface area contributed by atoms with Crippen LogP contribution in [0.5, 0.6) is 0 Å². The Balaban J connectivity index is 1.23. The highest BCUT2D eigenvalue weighted by molar-refractivity contribution is 5.76. The number of hydrogen-bond acceptors (Lipinski definition) is 6. The Kier molecular flexibility index (Phi) is 8.51. The van der Waals surface area contributed by atoms with Gasteiger partial charge in [-0.25, -0.2) is 4.98 Å². The number of hydrogen-bond donors (Lipinski definition) is 1. The fourth-order valence-corrected chi connectivity index (χ4v) is 6.31. The summed E-state index contributed by atoms with van der Waals surface area (Å²) in [4.78, 5) is 7.81. The van der Waals surface area contributed by atoms with Crippen LogP contribution in [0.4, 0.5) is 0 Å². The average Bonchev–Trinajstić information content (AvgIpc) is 3.25. The van der Waals surface area contributed by atoms with Gasteiger partial charge in [0, 0.05) is 44.2 Å². The van der Waals surface area contributed by atoms with Gasteiger partial charge in [-0.3, -0.25) is 0 Å². The number of para-hydroxylation sites is 2. The first-order valence-electron chi connectivity index (χ1n) is 13.4. The highest BCUT2D eigenvalue weighted by Crippen LogP contribution is 2.38. The van der Waals surface area contributed by atoms with Crippen molar-refractivity contribution in [3.8, 4) is 0 Å². The average molecular weight is 471 g/mol. The third-order valence-corrected chi connectivity index (χ3v) is 7.90. The maximum Gasteiger partial charge on any atom is 0.114 e. The molecule has 3 fully saturated rings. The monoisotopic (exact) mass is 470 g/mol. The van der Waals surface area contributed by atoms with Crippen LogP contribution in [0.1, 0.15) is 62.7 Å². The molecular formula is C27H42N4O3. The fourth-order valence-electron chi connectivity index (χ4n) is 6.31. The summed E-state index contributed by atoms with van der Waals surface area (Å²) < 4.78 is 19.0. The number of likely N-dealkylation sites (tertiary alicyclic amines) is 1. The summed E-state index contributed by atoms with van der Waals surface area (Å²) in [6, 6.07) is 10.7. The lowest BCUT2D eigenvalue weighted by atomic mass is 9.83. The maximum absolute atomic E-state index is 5.83. The number of benzene rings is 1. The number of aromatic nitrogens is 2. The molecule has 0 spiro atoms. The van der Waals surface area contributed by atoms with Crippen molar-refractivity contribution < 1.29 is 14.2 Å². The van der Waals surface area contributed by atoms with Crippen LogP contribution >= 0.6 is 0 Å². The van der Waals surface area contributed by atoms with Gasteiger partial charge in [0.2, 0.25) is 0 Å². The maximum atomic E-state index is 5.83. The van der Waals surface area contributed by atoms with Crippen molar-refractivity contribution in [3.05, 3.63) is 30.1 Å². The van der Waals surface area contributed by atoms with Crippen LogP contribution in [0.3, 0.4) is 0 Å². The lowest BCUT2D eigenvalue weighted by Gasteiger charge is -2.42. The molecule has 0 saturated carbocycles. The fraction of sp³-hybridized carbons (Fsp3) is 0.741. The van der Waals surface area contributed by atoms with E-state index in [2.05, 4.69) is 39.0 Å². The van der Waals surface area contributed by atoms with E-state index in [0.717, 1.165) is 31.8 Å². The molecule has 3 unspecified atom stereocenters. The molecule has 2 aromatic rings. The SMILES string of the molecule is COCCOCCOCCN1CCCC(c2nc3ccccc3n2C2CC3CCCC(C2)N3)C1. The molecule has 34 heavy (non-hydrogen) atoms. The van der Waals surface area contributed by atoms with E-state index in [-0.39, 0.29) is 0 Å². The summed E-state index contributed by atoms with van der Waals surface area (Å²) >= 11 is 0. The molecule has 3 aliphatic rings. The lowest BCUT2D eigenvalue weighted by Crippen LogP contribution is -2.49. The summed E-state index contributed by atoms with van der Waals surface area (Å²) in [6.45, 7) is 6.52. The van der Waals surface area contributed by atoms with E-state index < -0.39 is 0 Å². The van der Waals surface area contributed by atoms with Crippen molar-refractivity contribution >= 4 is 11.0 Å². The number of nitrogens with one attached hydrogen (secondary N) is 1. The Hall–Kier alpha value is -1.51. The van der Waals surface area contributed by atoms with Crippen molar-refractivity contribution in [1.82, 2.24) is 19.8 Å². The van der Waals surface area contributed by atoms with Crippen molar-refractivity contribution in [2.24, 2.45) is 0 Å². The highest BCUT2D eigenvalue weighted by Gasteiger charge is 2.35. The Morgan fingerprint density at radius 3 is 2.53 bits per heavy atom. The first-order valence-corrected chi connectivity index (χ1v) is 13.4. The summed E-state index contributed by atoms with van der Waals surface area (Å²) in [6.07, 6.45) is 8.96. The van der Waals surface area contributed by atoms with E-state index in [0.29, 0.717) is 50.5 Å². The second-order valence-electron chi connectivity index (χ2n) is 10.3. The third kappa shape index (κ3) is 5.82. The van der Waals surface area contributed by atoms with Crippen molar-refractivity contribution in [3.63, 3.8) is 0 Å². The normalized spacial score (nSPS) is 27.9. The Morgan fingerprint density at radius 2 is 1.71 bits per heavy atom. The molecule has 3 atom stereocenters. The van der Waals surface area contributed by atoms with E-state index in [1.807, 2.05) is 0 Å². The van der Waals surface area contributed by atoms with Crippen LogP contribution in [0.25, 0.3) is 11.0 Å². The molecular weight excluding hydrogens is 428 g/mol. The molecule has 3 aliphatic heterocycles. The summed E-state index contributed by atoms with van der Waals surface area (Å²) in [7, 11) is 1.69. The molecule has 7 heteroatoms. The molecule has 5 rings (SSSR count). The van der Waals surface area contributed by atoms with Gasteiger partial charge in [-0.15, -0.1) is 0 Å². The third-order valence-electron chi connectivity index (χ3n) is 7.90. The first-order chi connectivity index (χ1) is 16.8. The Bertz CT molecular complexity index is 891. The molecule has 7 nitrogen and oxygen atoms in total. The standard InChI is InChI=1S/C27H42N4O3/c1-32-14-15-34-17-16-33-13-12-30-11-5-6-21(20-30)27-29-25-9-2-3-10-26(25)31(27)24-18-22-7-4-8-23(19-24)28-22/h2-3,9-10,21-24,28H,4-8,11-20H2,1H3. The second kappa shape index (κ2) is 12.0. The van der Waals surface area contributed by atoms with Crippen LogP contribution in [0.15, 0.2) is 24.3 Å². The second-order valence-corrected chi connectivity index (χ2v) is 10.3. The van der Waals surface area contributed by atoms with Crippen molar-refractivity contribution in [2.45, 2.75) is 69.0 Å². The number of nitrogens with zero attached hydrogens (tertiary/aromatic N) is 3. The molecule has 0 aliphatic carbocycles. The highest BCUT2D eigenvalue weighted by atomic mass is 16.5. The van der Waals surface area contributed by atoms with E-state index in [4.69, 9.17) is 19.2 Å². The Morgan fingerprint density at radius 1 is 0.941 bits per heavy atom. The predicted octanol–water partition coefficient (Wildman–Crippen LogP) is 3.74. The largest absolute Gasteiger partial charge is 0.382 e. The van der Waals surface area contributed by atoms with Gasteiger partial charge in [0.05, 0.1) is 44.1 Å². The van der Waals surface area contributed by atoms with E-state index in [1.54, 1.807) is 7.11 Å². The Labute approximate surface area is 204 Å². The number of rotatable bonds is 11. The molecule has 4 heterocycles. The lowest BCUT2D eigenvalue weighted by molar-refractivity contribution is 0.0177. The zero-order chi connectivity index (χ0) is 23.2. The van der Waals surface area contributed by atoms with Crippen LogP contribution in [-0.4, -0.2) is 86.3 Å². The minimum Gasteiger partial charge on any atom is -0.382 e. The van der Waals surface area contributed by atoms with E-state index >= 15 is 0 Å². The molecule has 3 saturated heterocycles. The smallest absolute Gasteiger partial charge is 0.114 e. The van der Waals surface area contributed by atoms with Gasteiger partial charge in [-0.05, 0) is 57.2 Å². The van der Waals surface area contributed by atoms with Gasteiger partial charge >= 0.3 is 0 Å². The van der Waals surface area contributed by atoms with Gasteiger partial charge in [-0.2, -0.15) is 0 Å². The minimum absolute atomic E-state index is 0.494. The molecule has 1 aromatic heterocycles. The quantitative estimate of drug-likeness (QED) is 0.505. The van der Waals surface area contributed by atoms with Gasteiger partial charge in [0.15, 0.2) is 0 Å². The van der Waals surface area contributed by atoms with Gasteiger partial charge in [0.25, 0.3) is 0 Å². The molecule has 0 amide bonds. The van der Waals surface area contributed by atoms with Gasteiger partial charge in [0.1, 0.15) is 5.82 Å². The predicted molar refractivity (Wildman–Crippen MR) is 134 cm³/mol. The summed E-state index contributed by atoms with van der Waals surface area (Å²) in [5.41, 5.74) is 2.49. The number of methoxy groups -OCH3 is 1. The van der Waals surface area contributed by atoms with Gasteiger partial charge < -0.3 is 29.0 Å². The molecule has 0 radical (unpaired) electrons. The topological polar surface area (TPSA) is 60.8 Å².